The van der Waals surface area contributed by atoms with Gasteiger partial charge in [-0.15, -0.1) is 0 Å². The number of piperidine rings is 1. The van der Waals surface area contributed by atoms with E-state index in [9.17, 15) is 18.4 Å². The van der Waals surface area contributed by atoms with Gasteiger partial charge in [-0.1, -0.05) is 42.5 Å². The first-order valence-electron chi connectivity index (χ1n) is 9.56. The van der Waals surface area contributed by atoms with Crippen molar-refractivity contribution in [3.05, 3.63) is 77.9 Å². The first-order valence-corrected chi connectivity index (χ1v) is 9.56. The second-order valence-electron chi connectivity index (χ2n) is 7.21. The number of nitrogens with one attached hydrogen (secondary N) is 1. The highest BCUT2D eigenvalue weighted by Crippen LogP contribution is 2.25. The van der Waals surface area contributed by atoms with E-state index >= 15 is 0 Å². The predicted molar refractivity (Wildman–Crippen MR) is 108 cm³/mol. The fraction of sp³-hybridized carbons (Fsp3) is 0.217. The maximum atomic E-state index is 13.8. The van der Waals surface area contributed by atoms with Crippen LogP contribution in [0.25, 0.3) is 10.8 Å². The molecule has 1 N–H and O–H groups in total. The number of carbonyl (C=O) groups excluding carboxylic acids is 2. The summed E-state index contributed by atoms with van der Waals surface area (Å²) in [6.07, 6.45) is 1.25. The van der Waals surface area contributed by atoms with E-state index in [1.54, 1.807) is 11.0 Å². The van der Waals surface area contributed by atoms with E-state index in [0.717, 1.165) is 16.8 Å². The predicted octanol–water partition coefficient (Wildman–Crippen LogP) is 4.61. The Kier molecular flexibility index (Phi) is 5.25. The summed E-state index contributed by atoms with van der Waals surface area (Å²) in [6.45, 7) is 0.797. The van der Waals surface area contributed by atoms with Gasteiger partial charge in [0.25, 0.3) is 5.91 Å². The number of likely N-dealkylation sites (tertiary alicyclic amines) is 1. The first kappa shape index (κ1) is 19.1. The Labute approximate surface area is 167 Å². The van der Waals surface area contributed by atoms with Gasteiger partial charge in [-0.3, -0.25) is 9.59 Å². The minimum atomic E-state index is -1.08. The molecule has 0 radical (unpaired) electrons. The lowest BCUT2D eigenvalue weighted by molar-refractivity contribution is -0.121. The lowest BCUT2D eigenvalue weighted by Crippen LogP contribution is -2.43. The Bertz CT molecular complexity index is 1080. The van der Waals surface area contributed by atoms with Crippen molar-refractivity contribution in [1.82, 2.24) is 4.90 Å². The zero-order valence-corrected chi connectivity index (χ0v) is 15.7. The van der Waals surface area contributed by atoms with Crippen LogP contribution in [0.4, 0.5) is 14.5 Å². The SMILES string of the molecule is O=C(Nc1cccc(F)c1F)C1CCCN(C(=O)c2cccc3ccccc23)C1. The van der Waals surface area contributed by atoms with Crippen molar-refractivity contribution in [2.24, 2.45) is 5.92 Å². The van der Waals surface area contributed by atoms with E-state index in [1.807, 2.05) is 36.4 Å². The Morgan fingerprint density at radius 2 is 1.72 bits per heavy atom. The number of benzene rings is 3. The molecule has 1 unspecified atom stereocenters. The zero-order chi connectivity index (χ0) is 20.4. The third-order valence-electron chi connectivity index (χ3n) is 5.31. The smallest absolute Gasteiger partial charge is 0.254 e. The Hall–Kier alpha value is -3.28. The van der Waals surface area contributed by atoms with Crippen LogP contribution in [0.5, 0.6) is 0 Å². The number of nitrogens with zero attached hydrogens (tertiary/aromatic N) is 1. The van der Waals surface area contributed by atoms with Gasteiger partial charge in [0.2, 0.25) is 5.91 Å². The average molecular weight is 394 g/mol. The molecule has 1 fully saturated rings. The summed E-state index contributed by atoms with van der Waals surface area (Å²) in [4.78, 5) is 27.4. The van der Waals surface area contributed by atoms with E-state index in [-0.39, 0.29) is 18.1 Å². The molecule has 1 heterocycles. The van der Waals surface area contributed by atoms with E-state index in [4.69, 9.17) is 0 Å². The third-order valence-corrected chi connectivity index (χ3v) is 5.31. The number of hydrogen-bond donors (Lipinski definition) is 1. The average Bonchev–Trinajstić information content (AvgIpc) is 2.76. The molecule has 3 aromatic carbocycles. The second kappa shape index (κ2) is 7.99. The second-order valence-corrected chi connectivity index (χ2v) is 7.21. The molecule has 0 aliphatic carbocycles. The van der Waals surface area contributed by atoms with Gasteiger partial charge in [0.05, 0.1) is 11.6 Å². The minimum Gasteiger partial charge on any atom is -0.338 e. The molecule has 1 aliphatic rings. The summed E-state index contributed by atoms with van der Waals surface area (Å²) in [7, 11) is 0. The Balaban J connectivity index is 1.51. The van der Waals surface area contributed by atoms with Gasteiger partial charge < -0.3 is 10.2 Å². The van der Waals surface area contributed by atoms with Gasteiger partial charge in [-0.25, -0.2) is 8.78 Å². The number of halogens is 2. The third kappa shape index (κ3) is 3.83. The molecule has 1 atom stereocenters. The van der Waals surface area contributed by atoms with Crippen LogP contribution in [0.2, 0.25) is 0 Å². The van der Waals surface area contributed by atoms with E-state index in [2.05, 4.69) is 5.32 Å². The molecule has 148 valence electrons. The number of rotatable bonds is 3. The zero-order valence-electron chi connectivity index (χ0n) is 15.7. The van der Waals surface area contributed by atoms with Gasteiger partial charge >= 0.3 is 0 Å². The molecule has 1 aliphatic heterocycles. The molecule has 6 heteroatoms. The van der Waals surface area contributed by atoms with Gasteiger partial charge in [0.15, 0.2) is 11.6 Å². The monoisotopic (exact) mass is 394 g/mol. The van der Waals surface area contributed by atoms with Crippen molar-refractivity contribution < 1.29 is 18.4 Å². The quantitative estimate of drug-likeness (QED) is 0.705. The number of fused-ring (bicyclic) bond motifs is 1. The molecule has 0 aromatic heterocycles. The van der Waals surface area contributed by atoms with Crippen molar-refractivity contribution in [2.45, 2.75) is 12.8 Å². The number of anilines is 1. The van der Waals surface area contributed by atoms with E-state index in [1.165, 1.54) is 12.1 Å². The molecule has 4 nitrogen and oxygen atoms in total. The molecule has 29 heavy (non-hydrogen) atoms. The van der Waals surface area contributed by atoms with Crippen molar-refractivity contribution in [1.29, 1.82) is 0 Å². The summed E-state index contributed by atoms with van der Waals surface area (Å²) in [5.41, 5.74) is 0.410. The van der Waals surface area contributed by atoms with Crippen molar-refractivity contribution in [3.8, 4) is 0 Å². The van der Waals surface area contributed by atoms with E-state index in [0.29, 0.717) is 24.9 Å². The van der Waals surface area contributed by atoms with Gasteiger partial charge in [0.1, 0.15) is 0 Å². The van der Waals surface area contributed by atoms with Crippen molar-refractivity contribution >= 4 is 28.3 Å². The lowest BCUT2D eigenvalue weighted by Gasteiger charge is -2.32. The van der Waals surface area contributed by atoms with Crippen LogP contribution >= 0.6 is 0 Å². The van der Waals surface area contributed by atoms with Gasteiger partial charge in [-0.2, -0.15) is 0 Å². The standard InChI is InChI=1S/C23H20F2N2O2/c24-19-11-4-12-20(21(19)25)26-22(28)16-8-5-13-27(14-16)23(29)18-10-3-7-15-6-1-2-9-17(15)18/h1-4,6-7,9-12,16H,5,8,13-14H2,(H,26,28). The fourth-order valence-corrected chi connectivity index (χ4v) is 3.79. The first-order chi connectivity index (χ1) is 14.0. The molecule has 2 amide bonds. The highest BCUT2D eigenvalue weighted by Gasteiger charge is 2.30. The number of hydrogen-bond acceptors (Lipinski definition) is 2. The largest absolute Gasteiger partial charge is 0.338 e. The Morgan fingerprint density at radius 3 is 2.59 bits per heavy atom. The topological polar surface area (TPSA) is 49.4 Å². The van der Waals surface area contributed by atoms with Crippen LogP contribution in [0, 0.1) is 17.6 Å². The summed E-state index contributed by atoms with van der Waals surface area (Å²) in [5, 5.41) is 4.30. The normalized spacial score (nSPS) is 16.6. The summed E-state index contributed by atoms with van der Waals surface area (Å²) < 4.78 is 27.2. The van der Waals surface area contributed by atoms with Crippen molar-refractivity contribution in [2.75, 3.05) is 18.4 Å². The van der Waals surface area contributed by atoms with Crippen LogP contribution < -0.4 is 5.32 Å². The molecule has 4 rings (SSSR count). The summed E-state index contributed by atoms with van der Waals surface area (Å²) in [6, 6.07) is 16.9. The highest BCUT2D eigenvalue weighted by atomic mass is 19.2. The highest BCUT2D eigenvalue weighted by molar-refractivity contribution is 6.07. The van der Waals surface area contributed by atoms with Crippen LogP contribution in [0.15, 0.2) is 60.7 Å². The molecular formula is C23H20F2N2O2. The summed E-state index contributed by atoms with van der Waals surface area (Å²) in [5.74, 6) is -3.12. The molecule has 1 saturated heterocycles. The van der Waals surface area contributed by atoms with Crippen LogP contribution in [-0.4, -0.2) is 29.8 Å². The number of amides is 2. The maximum Gasteiger partial charge on any atom is 0.254 e. The molecule has 0 spiro atoms. The minimum absolute atomic E-state index is 0.128. The molecular weight excluding hydrogens is 374 g/mol. The van der Waals surface area contributed by atoms with Crippen LogP contribution in [-0.2, 0) is 4.79 Å². The molecule has 0 bridgehead atoms. The maximum absolute atomic E-state index is 13.8. The van der Waals surface area contributed by atoms with E-state index < -0.39 is 23.5 Å². The number of carbonyl (C=O) groups is 2. The lowest BCUT2D eigenvalue weighted by atomic mass is 9.95. The molecule has 0 saturated carbocycles. The van der Waals surface area contributed by atoms with Gasteiger partial charge in [0, 0.05) is 18.7 Å². The summed E-state index contributed by atoms with van der Waals surface area (Å²) >= 11 is 0. The van der Waals surface area contributed by atoms with Gasteiger partial charge in [-0.05, 0) is 41.8 Å². The Morgan fingerprint density at radius 1 is 0.966 bits per heavy atom. The van der Waals surface area contributed by atoms with Crippen molar-refractivity contribution in [3.63, 3.8) is 0 Å². The van der Waals surface area contributed by atoms with Crippen LogP contribution in [0.3, 0.4) is 0 Å². The van der Waals surface area contributed by atoms with Crippen LogP contribution in [0.1, 0.15) is 23.2 Å². The molecule has 3 aromatic rings. The fourth-order valence-electron chi connectivity index (χ4n) is 3.79.